The number of nitrogens with zero attached hydrogens (tertiary/aromatic N) is 2. The van der Waals surface area contributed by atoms with Crippen LogP contribution < -0.4 is 5.32 Å². The molecule has 0 saturated carbocycles. The average Bonchev–Trinajstić information content (AvgIpc) is 2.35. The first-order valence-electron chi connectivity index (χ1n) is 6.18. The van der Waals surface area contributed by atoms with Gasteiger partial charge in [-0.3, -0.25) is 9.88 Å². The van der Waals surface area contributed by atoms with E-state index in [-0.39, 0.29) is 0 Å². The summed E-state index contributed by atoms with van der Waals surface area (Å²) in [6.07, 6.45) is 1.87. The van der Waals surface area contributed by atoms with Crippen LogP contribution in [-0.2, 0) is 11.3 Å². The highest BCUT2D eigenvalue weighted by molar-refractivity contribution is 5.17. The topological polar surface area (TPSA) is 37.4 Å². The van der Waals surface area contributed by atoms with Crippen LogP contribution in [0.1, 0.15) is 11.3 Å². The summed E-state index contributed by atoms with van der Waals surface area (Å²) < 4.78 is 5.53. The number of aryl methyl sites for hydroxylation is 1. The molecule has 0 bridgehead atoms. The smallest absolute Gasteiger partial charge is 0.0635 e. The summed E-state index contributed by atoms with van der Waals surface area (Å²) in [7, 11) is 1.98. The highest BCUT2D eigenvalue weighted by atomic mass is 16.5. The molecule has 1 atom stereocenters. The van der Waals surface area contributed by atoms with Crippen molar-refractivity contribution in [2.24, 2.45) is 0 Å². The lowest BCUT2D eigenvalue weighted by molar-refractivity contribution is -0.0109. The minimum Gasteiger partial charge on any atom is -0.378 e. The number of aromatic nitrogens is 1. The molecule has 1 aromatic heterocycles. The van der Waals surface area contributed by atoms with E-state index < -0.39 is 0 Å². The molecule has 0 aliphatic carbocycles. The molecule has 1 saturated heterocycles. The van der Waals surface area contributed by atoms with Crippen LogP contribution in [-0.4, -0.2) is 49.3 Å². The molecule has 4 heteroatoms. The molecule has 0 amide bonds. The first-order chi connectivity index (χ1) is 8.31. The van der Waals surface area contributed by atoms with Gasteiger partial charge in [0.2, 0.25) is 0 Å². The van der Waals surface area contributed by atoms with Gasteiger partial charge in [0.15, 0.2) is 0 Å². The summed E-state index contributed by atoms with van der Waals surface area (Å²) in [5, 5.41) is 3.23. The van der Waals surface area contributed by atoms with E-state index in [1.165, 1.54) is 11.3 Å². The van der Waals surface area contributed by atoms with Gasteiger partial charge in [-0.2, -0.15) is 0 Å². The Morgan fingerprint density at radius 1 is 1.59 bits per heavy atom. The Balaban J connectivity index is 2.03. The van der Waals surface area contributed by atoms with Gasteiger partial charge in [-0.1, -0.05) is 6.07 Å². The Bertz CT molecular complexity index is 354. The van der Waals surface area contributed by atoms with Crippen LogP contribution >= 0.6 is 0 Å². The number of rotatable bonds is 4. The van der Waals surface area contributed by atoms with Crippen LogP contribution in [0.25, 0.3) is 0 Å². The van der Waals surface area contributed by atoms with Crippen molar-refractivity contribution in [2.45, 2.75) is 19.5 Å². The molecule has 1 N–H and O–H groups in total. The van der Waals surface area contributed by atoms with E-state index in [2.05, 4.69) is 28.2 Å². The van der Waals surface area contributed by atoms with Gasteiger partial charge in [0, 0.05) is 31.9 Å². The predicted octanol–water partition coefficient (Wildman–Crippen LogP) is 0.810. The van der Waals surface area contributed by atoms with Crippen LogP contribution in [0.15, 0.2) is 18.3 Å². The zero-order valence-corrected chi connectivity index (χ0v) is 10.6. The summed E-state index contributed by atoms with van der Waals surface area (Å²) in [6.45, 7) is 6.63. The van der Waals surface area contributed by atoms with Crippen molar-refractivity contribution in [3.63, 3.8) is 0 Å². The highest BCUT2D eigenvalue weighted by Gasteiger charge is 2.22. The normalized spacial score (nSPS) is 21.6. The molecule has 1 aliphatic heterocycles. The van der Waals surface area contributed by atoms with Gasteiger partial charge >= 0.3 is 0 Å². The number of hydrogen-bond acceptors (Lipinski definition) is 4. The third-order valence-electron chi connectivity index (χ3n) is 3.26. The Morgan fingerprint density at radius 2 is 2.47 bits per heavy atom. The minimum atomic E-state index is 0.454. The fourth-order valence-corrected chi connectivity index (χ4v) is 2.20. The molecule has 0 spiro atoms. The quantitative estimate of drug-likeness (QED) is 0.838. The monoisotopic (exact) mass is 235 g/mol. The van der Waals surface area contributed by atoms with E-state index in [9.17, 15) is 0 Å². The molecule has 2 rings (SSSR count). The number of nitrogens with one attached hydrogen (secondary N) is 1. The lowest BCUT2D eigenvalue weighted by Crippen LogP contribution is -2.49. The molecular formula is C13H21N3O. The van der Waals surface area contributed by atoms with E-state index in [0.717, 1.165) is 32.8 Å². The zero-order valence-electron chi connectivity index (χ0n) is 10.6. The zero-order chi connectivity index (χ0) is 12.1. The molecule has 1 fully saturated rings. The molecule has 94 valence electrons. The maximum absolute atomic E-state index is 5.53. The molecule has 1 aliphatic rings. The first-order valence-corrected chi connectivity index (χ1v) is 6.18. The maximum atomic E-state index is 5.53. The van der Waals surface area contributed by atoms with E-state index in [4.69, 9.17) is 4.74 Å². The second kappa shape index (κ2) is 6.10. The number of hydrogen-bond donors (Lipinski definition) is 1. The molecule has 2 heterocycles. The SMILES string of the molecule is CNCC1COCCN1Cc1ncccc1C. The van der Waals surface area contributed by atoms with E-state index in [1.807, 2.05) is 19.3 Å². The van der Waals surface area contributed by atoms with Gasteiger partial charge in [-0.15, -0.1) is 0 Å². The van der Waals surface area contributed by atoms with Gasteiger partial charge in [0.1, 0.15) is 0 Å². The summed E-state index contributed by atoms with van der Waals surface area (Å²) in [6, 6.07) is 4.56. The van der Waals surface area contributed by atoms with Crippen molar-refractivity contribution >= 4 is 0 Å². The Morgan fingerprint density at radius 3 is 3.24 bits per heavy atom. The summed E-state index contributed by atoms with van der Waals surface area (Å²) in [5.41, 5.74) is 2.44. The van der Waals surface area contributed by atoms with Gasteiger partial charge in [-0.05, 0) is 25.6 Å². The lowest BCUT2D eigenvalue weighted by Gasteiger charge is -2.35. The van der Waals surface area contributed by atoms with E-state index in [0.29, 0.717) is 6.04 Å². The Hall–Kier alpha value is -0.970. The van der Waals surface area contributed by atoms with Crippen LogP contribution in [0.4, 0.5) is 0 Å². The van der Waals surface area contributed by atoms with Crippen molar-refractivity contribution in [3.05, 3.63) is 29.6 Å². The van der Waals surface area contributed by atoms with Crippen LogP contribution in [0, 0.1) is 6.92 Å². The fraction of sp³-hybridized carbons (Fsp3) is 0.615. The molecular weight excluding hydrogens is 214 g/mol. The standard InChI is InChI=1S/C13H21N3O/c1-11-4-3-5-15-13(11)9-16-6-7-17-10-12(16)8-14-2/h3-5,12,14H,6-10H2,1-2H3. The maximum Gasteiger partial charge on any atom is 0.0635 e. The summed E-state index contributed by atoms with van der Waals surface area (Å²) in [5.74, 6) is 0. The minimum absolute atomic E-state index is 0.454. The Labute approximate surface area is 103 Å². The van der Waals surface area contributed by atoms with Crippen LogP contribution in [0.2, 0.25) is 0 Å². The van der Waals surface area contributed by atoms with Gasteiger partial charge in [-0.25, -0.2) is 0 Å². The summed E-state index contributed by atoms with van der Waals surface area (Å²) in [4.78, 5) is 6.92. The van der Waals surface area contributed by atoms with E-state index in [1.54, 1.807) is 0 Å². The van der Waals surface area contributed by atoms with Crippen LogP contribution in [0.5, 0.6) is 0 Å². The molecule has 1 unspecified atom stereocenters. The number of likely N-dealkylation sites (N-methyl/N-ethyl adjacent to an activating group) is 1. The van der Waals surface area contributed by atoms with Gasteiger partial charge < -0.3 is 10.1 Å². The first kappa shape index (κ1) is 12.5. The second-order valence-electron chi connectivity index (χ2n) is 4.52. The predicted molar refractivity (Wildman–Crippen MR) is 67.9 cm³/mol. The highest BCUT2D eigenvalue weighted by Crippen LogP contribution is 2.13. The molecule has 0 aromatic carbocycles. The Kier molecular flexibility index (Phi) is 4.48. The van der Waals surface area contributed by atoms with Crippen molar-refractivity contribution < 1.29 is 4.74 Å². The van der Waals surface area contributed by atoms with Crippen molar-refractivity contribution in [1.82, 2.24) is 15.2 Å². The number of ether oxygens (including phenoxy) is 1. The van der Waals surface area contributed by atoms with Crippen molar-refractivity contribution in [2.75, 3.05) is 33.4 Å². The largest absolute Gasteiger partial charge is 0.378 e. The lowest BCUT2D eigenvalue weighted by atomic mass is 10.1. The summed E-state index contributed by atoms with van der Waals surface area (Å²) >= 11 is 0. The number of morpholine rings is 1. The van der Waals surface area contributed by atoms with Crippen molar-refractivity contribution in [1.29, 1.82) is 0 Å². The molecule has 17 heavy (non-hydrogen) atoms. The third-order valence-corrected chi connectivity index (χ3v) is 3.26. The molecule has 1 aromatic rings. The fourth-order valence-electron chi connectivity index (χ4n) is 2.20. The number of pyridine rings is 1. The molecule has 4 nitrogen and oxygen atoms in total. The van der Waals surface area contributed by atoms with E-state index >= 15 is 0 Å². The molecule has 0 radical (unpaired) electrons. The van der Waals surface area contributed by atoms with Gasteiger partial charge in [0.05, 0.1) is 18.9 Å². The third kappa shape index (κ3) is 3.25. The van der Waals surface area contributed by atoms with Crippen molar-refractivity contribution in [3.8, 4) is 0 Å². The second-order valence-corrected chi connectivity index (χ2v) is 4.52. The average molecular weight is 235 g/mol. The van der Waals surface area contributed by atoms with Gasteiger partial charge in [0.25, 0.3) is 0 Å². The van der Waals surface area contributed by atoms with Crippen LogP contribution in [0.3, 0.4) is 0 Å².